The first-order valence-corrected chi connectivity index (χ1v) is 10.1. The second-order valence-electron chi connectivity index (χ2n) is 8.05. The predicted molar refractivity (Wildman–Crippen MR) is 115 cm³/mol. The third-order valence-corrected chi connectivity index (χ3v) is 4.41. The molecule has 1 rings (SSSR count). The van der Waals surface area contributed by atoms with Gasteiger partial charge in [-0.15, -0.1) is 0 Å². The molecule has 2 N–H and O–H groups in total. The molecule has 0 aliphatic carbocycles. The maximum absolute atomic E-state index is 13.2. The molecule has 0 aliphatic rings. The minimum absolute atomic E-state index is 0.198. The summed E-state index contributed by atoms with van der Waals surface area (Å²) in [6.07, 6.45) is -0.730. The first kappa shape index (κ1) is 25.9. The van der Waals surface area contributed by atoms with Crippen LogP contribution in [0.3, 0.4) is 0 Å². The predicted octanol–water partition coefficient (Wildman–Crippen LogP) is 2.09. The van der Waals surface area contributed by atoms with Crippen molar-refractivity contribution in [3.63, 3.8) is 0 Å². The highest BCUT2D eigenvalue weighted by Crippen LogP contribution is 2.25. The van der Waals surface area contributed by atoms with Gasteiger partial charge in [0.2, 0.25) is 11.8 Å². The van der Waals surface area contributed by atoms with Crippen LogP contribution in [0.2, 0.25) is 0 Å². The average Bonchev–Trinajstić information content (AvgIpc) is 2.68. The molecule has 1 aromatic rings. The van der Waals surface area contributed by atoms with E-state index in [2.05, 4.69) is 15.4 Å². The van der Waals surface area contributed by atoms with E-state index in [9.17, 15) is 19.2 Å². The van der Waals surface area contributed by atoms with Crippen LogP contribution >= 0.6 is 0 Å². The Hall–Kier alpha value is -3.10. The smallest absolute Gasteiger partial charge is 0.408 e. The number of alkyl carbamates (subject to hydrolysis) is 1. The average molecular weight is 436 g/mol. The topological polar surface area (TPSA) is 114 Å². The fourth-order valence-electron chi connectivity index (χ4n) is 2.93. The van der Waals surface area contributed by atoms with Crippen molar-refractivity contribution in [2.45, 2.75) is 59.2 Å². The van der Waals surface area contributed by atoms with Crippen molar-refractivity contribution in [1.82, 2.24) is 15.5 Å². The van der Waals surface area contributed by atoms with Crippen molar-refractivity contribution in [3.05, 3.63) is 35.4 Å². The monoisotopic (exact) mass is 435 g/mol. The Labute approximate surface area is 183 Å². The van der Waals surface area contributed by atoms with Gasteiger partial charge in [-0.05, 0) is 52.7 Å². The summed E-state index contributed by atoms with van der Waals surface area (Å²) < 4.78 is 9.78. The first-order chi connectivity index (χ1) is 14.4. The number of nitrogens with zero attached hydrogens (tertiary/aromatic N) is 1. The minimum atomic E-state index is -0.994. The van der Waals surface area contributed by atoms with Crippen LogP contribution in [-0.4, -0.2) is 60.6 Å². The van der Waals surface area contributed by atoms with Crippen LogP contribution in [0.4, 0.5) is 4.79 Å². The zero-order valence-corrected chi connectivity index (χ0v) is 19.3. The summed E-state index contributed by atoms with van der Waals surface area (Å²) in [6, 6.07) is 5.24. The molecule has 0 saturated carbocycles. The lowest BCUT2D eigenvalue weighted by molar-refractivity contribution is -0.144. The molecule has 9 heteroatoms. The molecule has 0 aromatic heterocycles. The maximum atomic E-state index is 13.2. The SMILES string of the molecule is CCN(C(=O)C(C)NC(=O)OC(C)(C)C)C(C(=O)NCC(=O)OC)c1ccccc1C. The second kappa shape index (κ2) is 11.3. The van der Waals surface area contributed by atoms with Crippen LogP contribution in [0, 0.1) is 6.92 Å². The summed E-state index contributed by atoms with van der Waals surface area (Å²) in [5.41, 5.74) is 0.707. The fraction of sp³-hybridized carbons (Fsp3) is 0.545. The molecule has 172 valence electrons. The molecule has 3 amide bonds. The van der Waals surface area contributed by atoms with Crippen molar-refractivity contribution >= 4 is 23.9 Å². The quantitative estimate of drug-likeness (QED) is 0.605. The number of benzene rings is 1. The number of aryl methyl sites for hydroxylation is 1. The van der Waals surface area contributed by atoms with Crippen molar-refractivity contribution < 1.29 is 28.7 Å². The second-order valence-corrected chi connectivity index (χ2v) is 8.05. The molecule has 0 bridgehead atoms. The third kappa shape index (κ3) is 7.92. The van der Waals surface area contributed by atoms with E-state index in [1.807, 2.05) is 19.1 Å². The number of rotatable bonds is 8. The Morgan fingerprint density at radius 1 is 1.13 bits per heavy atom. The standard InChI is InChI=1S/C22H33N3O6/c1-8-25(20(28)15(3)24-21(29)31-22(4,5)6)18(16-12-10-9-11-14(16)2)19(27)23-13-17(26)30-7/h9-12,15,18H,8,13H2,1-7H3,(H,23,27)(H,24,29). The number of amides is 3. The largest absolute Gasteiger partial charge is 0.468 e. The lowest BCUT2D eigenvalue weighted by Gasteiger charge is -2.33. The van der Waals surface area contributed by atoms with Gasteiger partial charge in [0.1, 0.15) is 24.2 Å². The van der Waals surface area contributed by atoms with E-state index in [0.29, 0.717) is 5.56 Å². The fourth-order valence-corrected chi connectivity index (χ4v) is 2.93. The minimum Gasteiger partial charge on any atom is -0.468 e. The summed E-state index contributed by atoms with van der Waals surface area (Å²) >= 11 is 0. The highest BCUT2D eigenvalue weighted by Gasteiger charge is 2.34. The van der Waals surface area contributed by atoms with Gasteiger partial charge in [0.15, 0.2) is 0 Å². The highest BCUT2D eigenvalue weighted by atomic mass is 16.6. The molecule has 31 heavy (non-hydrogen) atoms. The zero-order chi connectivity index (χ0) is 23.8. The van der Waals surface area contributed by atoms with E-state index in [0.717, 1.165) is 5.56 Å². The summed E-state index contributed by atoms with van der Waals surface area (Å²) in [5, 5.41) is 5.03. The number of esters is 1. The van der Waals surface area contributed by atoms with E-state index < -0.39 is 41.6 Å². The summed E-state index contributed by atoms with van der Waals surface area (Å²) in [5.74, 6) is -1.60. The Bertz CT molecular complexity index is 803. The van der Waals surface area contributed by atoms with Gasteiger partial charge in [0.05, 0.1) is 7.11 Å². The van der Waals surface area contributed by atoms with Crippen LogP contribution in [0.25, 0.3) is 0 Å². The Morgan fingerprint density at radius 3 is 2.26 bits per heavy atom. The van der Waals surface area contributed by atoms with Gasteiger partial charge in [-0.2, -0.15) is 0 Å². The van der Waals surface area contributed by atoms with Crippen LogP contribution in [0.15, 0.2) is 24.3 Å². The molecule has 2 unspecified atom stereocenters. The van der Waals surface area contributed by atoms with Crippen LogP contribution in [-0.2, 0) is 23.9 Å². The van der Waals surface area contributed by atoms with Gasteiger partial charge in [-0.25, -0.2) is 4.79 Å². The van der Waals surface area contributed by atoms with E-state index in [1.165, 1.54) is 18.9 Å². The van der Waals surface area contributed by atoms with Crippen molar-refractivity contribution in [2.75, 3.05) is 20.2 Å². The van der Waals surface area contributed by atoms with Crippen molar-refractivity contribution in [3.8, 4) is 0 Å². The molecule has 0 spiro atoms. The lowest BCUT2D eigenvalue weighted by atomic mass is 9.98. The number of nitrogens with one attached hydrogen (secondary N) is 2. The Morgan fingerprint density at radius 2 is 1.74 bits per heavy atom. The van der Waals surface area contributed by atoms with Crippen LogP contribution < -0.4 is 10.6 Å². The Balaban J connectivity index is 3.17. The van der Waals surface area contributed by atoms with E-state index >= 15 is 0 Å². The molecule has 0 aliphatic heterocycles. The number of likely N-dealkylation sites (N-methyl/N-ethyl adjacent to an activating group) is 1. The van der Waals surface area contributed by atoms with E-state index in [4.69, 9.17) is 4.74 Å². The molecule has 9 nitrogen and oxygen atoms in total. The first-order valence-electron chi connectivity index (χ1n) is 10.1. The lowest BCUT2D eigenvalue weighted by Crippen LogP contribution is -2.52. The summed E-state index contributed by atoms with van der Waals surface area (Å²) in [6.45, 7) is 10.1. The van der Waals surface area contributed by atoms with Gasteiger partial charge in [0.25, 0.3) is 0 Å². The number of carbonyl (C=O) groups is 4. The summed E-state index contributed by atoms with van der Waals surface area (Å²) in [4.78, 5) is 51.1. The van der Waals surface area contributed by atoms with Crippen molar-refractivity contribution in [1.29, 1.82) is 0 Å². The van der Waals surface area contributed by atoms with Crippen molar-refractivity contribution in [2.24, 2.45) is 0 Å². The van der Waals surface area contributed by atoms with Gasteiger partial charge in [0, 0.05) is 6.54 Å². The zero-order valence-electron chi connectivity index (χ0n) is 19.3. The molecule has 0 radical (unpaired) electrons. The maximum Gasteiger partial charge on any atom is 0.408 e. The molecular weight excluding hydrogens is 402 g/mol. The molecular formula is C22H33N3O6. The Kier molecular flexibility index (Phi) is 9.48. The van der Waals surface area contributed by atoms with Gasteiger partial charge >= 0.3 is 12.1 Å². The number of methoxy groups -OCH3 is 1. The summed E-state index contributed by atoms with van der Waals surface area (Å²) in [7, 11) is 1.22. The highest BCUT2D eigenvalue weighted by molar-refractivity contribution is 5.93. The molecule has 0 saturated heterocycles. The van der Waals surface area contributed by atoms with Gasteiger partial charge in [-0.1, -0.05) is 24.3 Å². The van der Waals surface area contributed by atoms with Crippen LogP contribution in [0.5, 0.6) is 0 Å². The van der Waals surface area contributed by atoms with Gasteiger partial charge in [-0.3, -0.25) is 14.4 Å². The van der Waals surface area contributed by atoms with Gasteiger partial charge < -0.3 is 25.0 Å². The number of hydrogen-bond donors (Lipinski definition) is 2. The third-order valence-electron chi connectivity index (χ3n) is 4.41. The van der Waals surface area contributed by atoms with E-state index in [-0.39, 0.29) is 13.1 Å². The van der Waals surface area contributed by atoms with E-state index in [1.54, 1.807) is 39.8 Å². The number of hydrogen-bond acceptors (Lipinski definition) is 6. The normalized spacial score (nSPS) is 12.9. The molecule has 2 atom stereocenters. The molecule has 0 fully saturated rings. The number of carbonyl (C=O) groups excluding carboxylic acids is 4. The molecule has 0 heterocycles. The van der Waals surface area contributed by atoms with Crippen LogP contribution in [0.1, 0.15) is 51.8 Å². The molecule has 1 aromatic carbocycles. The number of ether oxygens (including phenoxy) is 2.